The molecule has 2 unspecified atom stereocenters. The second kappa shape index (κ2) is 4.94. The molecule has 2 atom stereocenters. The number of carbonyl (C=O) groups is 1. The number of amides is 1. The maximum atomic E-state index is 12.2. The first kappa shape index (κ1) is 14.5. The Bertz CT molecular complexity index is 282. The van der Waals surface area contributed by atoms with Gasteiger partial charge in [-0.2, -0.15) is 0 Å². The number of nitrogens with one attached hydrogen (secondary N) is 1. The standard InChI is InChI=1S/C13H26N2O2/c1-12(2,13(3,4)14)11(17)15-9-6-5-7-10(16)8-9/h9-10,16H,5-8,14H2,1-4H3,(H,15,17). The van der Waals surface area contributed by atoms with Gasteiger partial charge in [0.05, 0.1) is 11.5 Å². The summed E-state index contributed by atoms with van der Waals surface area (Å²) >= 11 is 0. The molecule has 1 amide bonds. The van der Waals surface area contributed by atoms with Crippen LogP contribution in [0.2, 0.25) is 0 Å². The van der Waals surface area contributed by atoms with Crippen LogP contribution in [0.4, 0.5) is 0 Å². The van der Waals surface area contributed by atoms with Gasteiger partial charge in [0.1, 0.15) is 0 Å². The second-order valence-corrected chi connectivity index (χ2v) is 6.34. The number of aliphatic hydroxyl groups excluding tert-OH is 1. The Hall–Kier alpha value is -0.610. The van der Waals surface area contributed by atoms with Crippen LogP contribution in [0.5, 0.6) is 0 Å². The molecule has 0 aliphatic heterocycles. The first-order chi connectivity index (χ1) is 7.64. The summed E-state index contributed by atoms with van der Waals surface area (Å²) in [5.74, 6) is -0.0240. The van der Waals surface area contributed by atoms with Crippen molar-refractivity contribution in [2.24, 2.45) is 11.1 Å². The Morgan fingerprint density at radius 3 is 2.35 bits per heavy atom. The molecule has 4 nitrogen and oxygen atoms in total. The minimum absolute atomic E-state index is 0.0240. The number of hydrogen-bond acceptors (Lipinski definition) is 3. The topological polar surface area (TPSA) is 75.4 Å². The van der Waals surface area contributed by atoms with Crippen molar-refractivity contribution in [2.75, 3.05) is 0 Å². The molecule has 0 aromatic heterocycles. The lowest BCUT2D eigenvalue weighted by atomic mass is 9.74. The van der Waals surface area contributed by atoms with Crippen molar-refractivity contribution in [1.82, 2.24) is 5.32 Å². The van der Waals surface area contributed by atoms with Gasteiger partial charge in [0.2, 0.25) is 5.91 Å². The van der Waals surface area contributed by atoms with Crippen molar-refractivity contribution >= 4 is 5.91 Å². The Balaban J connectivity index is 2.60. The van der Waals surface area contributed by atoms with E-state index in [0.717, 1.165) is 19.3 Å². The number of nitrogens with two attached hydrogens (primary N) is 1. The predicted molar refractivity (Wildman–Crippen MR) is 68.5 cm³/mol. The van der Waals surface area contributed by atoms with Crippen LogP contribution in [0, 0.1) is 5.41 Å². The predicted octanol–water partition coefficient (Wildman–Crippen LogP) is 1.17. The summed E-state index contributed by atoms with van der Waals surface area (Å²) in [6, 6.07) is 0.0906. The zero-order valence-electron chi connectivity index (χ0n) is 11.4. The van der Waals surface area contributed by atoms with Gasteiger partial charge in [-0.1, -0.05) is 0 Å². The summed E-state index contributed by atoms with van der Waals surface area (Å²) < 4.78 is 0. The van der Waals surface area contributed by atoms with E-state index in [9.17, 15) is 9.90 Å². The summed E-state index contributed by atoms with van der Waals surface area (Å²) in [6.07, 6.45) is 3.15. The van der Waals surface area contributed by atoms with Crippen molar-refractivity contribution in [1.29, 1.82) is 0 Å². The molecule has 0 bridgehead atoms. The fraction of sp³-hybridized carbons (Fsp3) is 0.923. The molecule has 100 valence electrons. The van der Waals surface area contributed by atoms with E-state index in [2.05, 4.69) is 5.32 Å². The van der Waals surface area contributed by atoms with Gasteiger partial charge >= 0.3 is 0 Å². The van der Waals surface area contributed by atoms with Crippen LogP contribution in [0.3, 0.4) is 0 Å². The van der Waals surface area contributed by atoms with Crippen LogP contribution in [-0.2, 0) is 4.79 Å². The second-order valence-electron chi connectivity index (χ2n) is 6.34. The molecule has 0 saturated heterocycles. The molecule has 1 fully saturated rings. The summed E-state index contributed by atoms with van der Waals surface area (Å²) in [5, 5.41) is 12.6. The first-order valence-electron chi connectivity index (χ1n) is 6.42. The Morgan fingerprint density at radius 1 is 1.29 bits per heavy atom. The van der Waals surface area contributed by atoms with Crippen LogP contribution < -0.4 is 11.1 Å². The Morgan fingerprint density at radius 2 is 1.88 bits per heavy atom. The van der Waals surface area contributed by atoms with Gasteiger partial charge in [-0.25, -0.2) is 0 Å². The van der Waals surface area contributed by atoms with E-state index in [1.54, 1.807) is 0 Å². The highest BCUT2D eigenvalue weighted by Crippen LogP contribution is 2.29. The molecule has 0 radical (unpaired) electrons. The van der Waals surface area contributed by atoms with E-state index in [-0.39, 0.29) is 18.1 Å². The lowest BCUT2D eigenvalue weighted by molar-refractivity contribution is -0.133. The van der Waals surface area contributed by atoms with Crippen molar-refractivity contribution < 1.29 is 9.90 Å². The van der Waals surface area contributed by atoms with E-state index in [4.69, 9.17) is 5.73 Å². The minimum atomic E-state index is -0.616. The van der Waals surface area contributed by atoms with Crippen LogP contribution in [0.15, 0.2) is 0 Å². The molecule has 0 aromatic rings. The SMILES string of the molecule is CC(C)(N)C(C)(C)C(=O)NC1CCCC(O)C1. The molecule has 1 aliphatic carbocycles. The third kappa shape index (κ3) is 3.42. The van der Waals surface area contributed by atoms with Crippen LogP contribution >= 0.6 is 0 Å². The Kier molecular flexibility index (Phi) is 4.20. The average Bonchev–Trinajstić information content (AvgIpc) is 2.15. The molecule has 1 aliphatic rings. The van der Waals surface area contributed by atoms with Crippen LogP contribution in [0.25, 0.3) is 0 Å². The fourth-order valence-corrected chi connectivity index (χ4v) is 1.95. The molecule has 0 spiro atoms. The van der Waals surface area contributed by atoms with Gasteiger partial charge in [-0.3, -0.25) is 4.79 Å². The third-order valence-electron chi connectivity index (χ3n) is 4.16. The number of rotatable bonds is 3. The maximum Gasteiger partial charge on any atom is 0.227 e. The molecule has 17 heavy (non-hydrogen) atoms. The van der Waals surface area contributed by atoms with Crippen LogP contribution in [0.1, 0.15) is 53.4 Å². The molecular formula is C13H26N2O2. The zero-order valence-corrected chi connectivity index (χ0v) is 11.4. The highest BCUT2D eigenvalue weighted by atomic mass is 16.3. The average molecular weight is 242 g/mol. The summed E-state index contributed by atoms with van der Waals surface area (Å²) in [6.45, 7) is 7.45. The van der Waals surface area contributed by atoms with Gasteiger partial charge in [0, 0.05) is 11.6 Å². The van der Waals surface area contributed by atoms with Crippen LogP contribution in [-0.4, -0.2) is 28.7 Å². The molecular weight excluding hydrogens is 216 g/mol. The summed E-state index contributed by atoms with van der Waals surface area (Å²) in [4.78, 5) is 12.2. The van der Waals surface area contributed by atoms with E-state index >= 15 is 0 Å². The fourth-order valence-electron chi connectivity index (χ4n) is 1.95. The van der Waals surface area contributed by atoms with Gasteiger partial charge < -0.3 is 16.2 Å². The largest absolute Gasteiger partial charge is 0.393 e. The highest BCUT2D eigenvalue weighted by Gasteiger charge is 2.41. The molecule has 1 saturated carbocycles. The lowest BCUT2D eigenvalue weighted by Gasteiger charge is -2.39. The molecule has 4 heteroatoms. The maximum absolute atomic E-state index is 12.2. The summed E-state index contributed by atoms with van der Waals surface area (Å²) in [7, 11) is 0. The monoisotopic (exact) mass is 242 g/mol. The third-order valence-corrected chi connectivity index (χ3v) is 4.16. The van der Waals surface area contributed by atoms with E-state index in [0.29, 0.717) is 6.42 Å². The van der Waals surface area contributed by atoms with Gasteiger partial charge in [-0.05, 0) is 53.4 Å². The van der Waals surface area contributed by atoms with Gasteiger partial charge in [-0.15, -0.1) is 0 Å². The quantitative estimate of drug-likeness (QED) is 0.695. The zero-order chi connectivity index (χ0) is 13.3. The molecule has 1 rings (SSSR count). The molecule has 0 heterocycles. The van der Waals surface area contributed by atoms with Crippen molar-refractivity contribution in [2.45, 2.75) is 71.1 Å². The Labute approximate surface area is 104 Å². The van der Waals surface area contributed by atoms with E-state index in [1.165, 1.54) is 0 Å². The van der Waals surface area contributed by atoms with Gasteiger partial charge in [0.15, 0.2) is 0 Å². The lowest BCUT2D eigenvalue weighted by Crippen LogP contribution is -2.57. The highest BCUT2D eigenvalue weighted by molar-refractivity contribution is 5.83. The number of carbonyl (C=O) groups excluding carboxylic acids is 1. The van der Waals surface area contributed by atoms with E-state index in [1.807, 2.05) is 27.7 Å². The molecule has 4 N–H and O–H groups in total. The van der Waals surface area contributed by atoms with Crippen molar-refractivity contribution in [3.05, 3.63) is 0 Å². The van der Waals surface area contributed by atoms with Gasteiger partial charge in [0.25, 0.3) is 0 Å². The number of hydrogen-bond donors (Lipinski definition) is 3. The smallest absolute Gasteiger partial charge is 0.227 e. The van der Waals surface area contributed by atoms with Crippen molar-refractivity contribution in [3.63, 3.8) is 0 Å². The molecule has 0 aromatic carbocycles. The number of aliphatic hydroxyl groups is 1. The summed E-state index contributed by atoms with van der Waals surface area (Å²) in [5.41, 5.74) is 4.86. The van der Waals surface area contributed by atoms with Crippen molar-refractivity contribution in [3.8, 4) is 0 Å². The first-order valence-corrected chi connectivity index (χ1v) is 6.42. The minimum Gasteiger partial charge on any atom is -0.393 e. The van der Waals surface area contributed by atoms with E-state index < -0.39 is 11.0 Å². The normalized spacial score (nSPS) is 26.7.